The number of nitrogens with one attached hydrogen (secondary N) is 2. The molecular formula is C19H24N2O2. The number of fused-ring (bicyclic) bond motifs is 1. The molecule has 2 aromatic carbocycles. The number of hydrogen-bond acceptors (Lipinski definition) is 2. The maximum atomic E-state index is 12.0. The molecule has 4 nitrogen and oxygen atoms in total. The van der Waals surface area contributed by atoms with Crippen molar-refractivity contribution in [1.29, 1.82) is 0 Å². The Morgan fingerprint density at radius 2 is 1.83 bits per heavy atom. The Kier molecular flexibility index (Phi) is 5.13. The van der Waals surface area contributed by atoms with Crippen LogP contribution in [0.3, 0.4) is 0 Å². The summed E-state index contributed by atoms with van der Waals surface area (Å²) in [7, 11) is 0. The largest absolute Gasteiger partial charge is 0.387 e. The van der Waals surface area contributed by atoms with Crippen molar-refractivity contribution in [3.05, 3.63) is 48.0 Å². The van der Waals surface area contributed by atoms with E-state index in [9.17, 15) is 9.90 Å². The Morgan fingerprint density at radius 3 is 2.65 bits per heavy atom. The van der Waals surface area contributed by atoms with E-state index in [1.165, 1.54) is 19.3 Å². The third kappa shape index (κ3) is 4.02. The quantitative estimate of drug-likeness (QED) is 0.809. The first kappa shape index (κ1) is 15.8. The fourth-order valence-corrected chi connectivity index (χ4v) is 3.32. The molecule has 1 saturated carbocycles. The Balaban J connectivity index is 1.58. The van der Waals surface area contributed by atoms with E-state index in [-0.39, 0.29) is 18.6 Å². The average molecular weight is 312 g/mol. The monoisotopic (exact) mass is 312 g/mol. The zero-order valence-electron chi connectivity index (χ0n) is 13.3. The van der Waals surface area contributed by atoms with E-state index in [0.29, 0.717) is 0 Å². The summed E-state index contributed by atoms with van der Waals surface area (Å²) < 4.78 is 0. The molecule has 2 amide bonds. The van der Waals surface area contributed by atoms with Crippen LogP contribution < -0.4 is 10.6 Å². The van der Waals surface area contributed by atoms with E-state index in [1.807, 2.05) is 42.5 Å². The van der Waals surface area contributed by atoms with E-state index in [0.717, 1.165) is 29.2 Å². The number of aliphatic hydroxyl groups excluding tert-OH is 1. The maximum Gasteiger partial charge on any atom is 0.315 e. The van der Waals surface area contributed by atoms with Gasteiger partial charge in [0.05, 0.1) is 6.10 Å². The zero-order chi connectivity index (χ0) is 16.1. The lowest BCUT2D eigenvalue weighted by atomic mass is 9.96. The van der Waals surface area contributed by atoms with Crippen molar-refractivity contribution in [1.82, 2.24) is 10.6 Å². The lowest BCUT2D eigenvalue weighted by molar-refractivity contribution is 0.173. The molecule has 0 radical (unpaired) electrons. The minimum absolute atomic E-state index is 0.184. The highest BCUT2D eigenvalue weighted by Gasteiger charge is 2.17. The second kappa shape index (κ2) is 7.47. The maximum absolute atomic E-state index is 12.0. The number of benzene rings is 2. The Bertz CT molecular complexity index is 660. The number of carbonyl (C=O) groups excluding carboxylic acids is 1. The first-order chi connectivity index (χ1) is 11.2. The predicted octanol–water partition coefficient (Wildman–Crippen LogP) is 3.51. The average Bonchev–Trinajstić information content (AvgIpc) is 2.60. The van der Waals surface area contributed by atoms with Crippen LogP contribution in [0.5, 0.6) is 0 Å². The van der Waals surface area contributed by atoms with Gasteiger partial charge in [-0.3, -0.25) is 0 Å². The minimum Gasteiger partial charge on any atom is -0.387 e. The summed E-state index contributed by atoms with van der Waals surface area (Å²) in [4.78, 5) is 12.0. The van der Waals surface area contributed by atoms with Crippen LogP contribution in [0.25, 0.3) is 10.8 Å². The van der Waals surface area contributed by atoms with E-state index >= 15 is 0 Å². The van der Waals surface area contributed by atoms with Gasteiger partial charge in [-0.15, -0.1) is 0 Å². The van der Waals surface area contributed by atoms with Crippen molar-refractivity contribution in [2.24, 2.45) is 0 Å². The van der Waals surface area contributed by atoms with Gasteiger partial charge in [0, 0.05) is 12.6 Å². The molecule has 0 aromatic heterocycles. The van der Waals surface area contributed by atoms with Crippen molar-refractivity contribution in [2.75, 3.05) is 6.54 Å². The normalized spacial score (nSPS) is 16.9. The van der Waals surface area contributed by atoms with E-state index in [4.69, 9.17) is 0 Å². The molecule has 0 spiro atoms. The fourth-order valence-electron chi connectivity index (χ4n) is 3.32. The molecule has 1 fully saturated rings. The van der Waals surface area contributed by atoms with Crippen LogP contribution in [-0.4, -0.2) is 23.7 Å². The summed E-state index contributed by atoms with van der Waals surface area (Å²) >= 11 is 0. The van der Waals surface area contributed by atoms with Crippen LogP contribution in [0.1, 0.15) is 43.8 Å². The van der Waals surface area contributed by atoms with Crippen LogP contribution in [0.4, 0.5) is 4.79 Å². The summed E-state index contributed by atoms with van der Waals surface area (Å²) in [5.41, 5.74) is 0.848. The van der Waals surface area contributed by atoms with Crippen LogP contribution >= 0.6 is 0 Å². The first-order valence-corrected chi connectivity index (χ1v) is 8.44. The van der Waals surface area contributed by atoms with Crippen LogP contribution in [-0.2, 0) is 0 Å². The molecule has 4 heteroatoms. The summed E-state index contributed by atoms with van der Waals surface area (Å²) in [6, 6.07) is 13.9. The fraction of sp³-hybridized carbons (Fsp3) is 0.421. The topological polar surface area (TPSA) is 61.4 Å². The summed E-state index contributed by atoms with van der Waals surface area (Å²) in [6.45, 7) is 0.215. The lowest BCUT2D eigenvalue weighted by Crippen LogP contribution is -2.44. The molecule has 3 N–H and O–H groups in total. The van der Waals surface area contributed by atoms with Gasteiger partial charge >= 0.3 is 6.03 Å². The SMILES string of the molecule is O=C(NC[C@H](O)c1cccc2ccccc12)NC1CCCCC1. The second-order valence-electron chi connectivity index (χ2n) is 6.27. The number of urea groups is 1. The van der Waals surface area contributed by atoms with Crippen LogP contribution in [0.15, 0.2) is 42.5 Å². The standard InChI is InChI=1S/C19H24N2O2/c22-18(13-20-19(23)21-15-9-2-1-3-10-15)17-12-6-8-14-7-4-5-11-16(14)17/h4-8,11-12,15,18,22H,1-3,9-10,13H2,(H2,20,21,23)/t18-/m0/s1. The third-order valence-corrected chi connectivity index (χ3v) is 4.58. The van der Waals surface area contributed by atoms with Gasteiger partial charge < -0.3 is 15.7 Å². The van der Waals surface area contributed by atoms with Gasteiger partial charge in [0.15, 0.2) is 0 Å². The summed E-state index contributed by atoms with van der Waals surface area (Å²) in [6.07, 6.45) is 5.03. The molecule has 0 heterocycles. The zero-order valence-corrected chi connectivity index (χ0v) is 13.3. The Hall–Kier alpha value is -2.07. The molecule has 0 saturated heterocycles. The van der Waals surface area contributed by atoms with Gasteiger partial charge in [0.25, 0.3) is 0 Å². The minimum atomic E-state index is -0.710. The highest BCUT2D eigenvalue weighted by molar-refractivity contribution is 5.86. The molecule has 122 valence electrons. The van der Waals surface area contributed by atoms with Crippen molar-refractivity contribution in [3.8, 4) is 0 Å². The molecule has 0 bridgehead atoms. The molecule has 3 rings (SSSR count). The van der Waals surface area contributed by atoms with Gasteiger partial charge in [0.1, 0.15) is 0 Å². The smallest absolute Gasteiger partial charge is 0.315 e. The van der Waals surface area contributed by atoms with Crippen molar-refractivity contribution in [2.45, 2.75) is 44.2 Å². The number of hydrogen-bond donors (Lipinski definition) is 3. The highest BCUT2D eigenvalue weighted by Crippen LogP contribution is 2.23. The van der Waals surface area contributed by atoms with Gasteiger partial charge in [0.2, 0.25) is 0 Å². The lowest BCUT2D eigenvalue weighted by Gasteiger charge is -2.23. The van der Waals surface area contributed by atoms with Crippen molar-refractivity contribution >= 4 is 16.8 Å². The van der Waals surface area contributed by atoms with Gasteiger partial charge in [-0.1, -0.05) is 61.7 Å². The molecule has 0 aliphatic heterocycles. The van der Waals surface area contributed by atoms with E-state index in [2.05, 4.69) is 10.6 Å². The highest BCUT2D eigenvalue weighted by atomic mass is 16.3. The van der Waals surface area contributed by atoms with Gasteiger partial charge in [-0.2, -0.15) is 0 Å². The first-order valence-electron chi connectivity index (χ1n) is 8.44. The predicted molar refractivity (Wildman–Crippen MR) is 92.3 cm³/mol. The molecular weight excluding hydrogens is 288 g/mol. The van der Waals surface area contributed by atoms with Crippen LogP contribution in [0.2, 0.25) is 0 Å². The number of rotatable bonds is 4. The summed E-state index contributed by atoms with van der Waals surface area (Å²) in [5, 5.41) is 18.3. The van der Waals surface area contributed by atoms with Gasteiger partial charge in [-0.05, 0) is 29.2 Å². The summed E-state index contributed by atoms with van der Waals surface area (Å²) in [5.74, 6) is 0. The second-order valence-corrected chi connectivity index (χ2v) is 6.27. The molecule has 23 heavy (non-hydrogen) atoms. The number of amides is 2. The molecule has 1 atom stereocenters. The Labute approximate surface area is 136 Å². The molecule has 1 aliphatic rings. The van der Waals surface area contributed by atoms with Crippen LogP contribution in [0, 0.1) is 0 Å². The van der Waals surface area contributed by atoms with E-state index in [1.54, 1.807) is 0 Å². The number of aliphatic hydroxyl groups is 1. The van der Waals surface area contributed by atoms with Gasteiger partial charge in [-0.25, -0.2) is 4.79 Å². The van der Waals surface area contributed by atoms with Crippen molar-refractivity contribution < 1.29 is 9.90 Å². The molecule has 2 aromatic rings. The molecule has 1 aliphatic carbocycles. The molecule has 0 unspecified atom stereocenters. The number of carbonyl (C=O) groups is 1. The Morgan fingerprint density at radius 1 is 1.09 bits per heavy atom. The van der Waals surface area contributed by atoms with Crippen molar-refractivity contribution in [3.63, 3.8) is 0 Å². The third-order valence-electron chi connectivity index (χ3n) is 4.58. The van der Waals surface area contributed by atoms with E-state index < -0.39 is 6.10 Å².